The minimum atomic E-state index is 0.802. The first-order chi connectivity index (χ1) is 9.22. The molecular formula is C15H20N4. The summed E-state index contributed by atoms with van der Waals surface area (Å²) < 4.78 is 0. The highest BCUT2D eigenvalue weighted by molar-refractivity contribution is 5.48. The third-order valence-electron chi connectivity index (χ3n) is 3.28. The van der Waals surface area contributed by atoms with E-state index in [1.165, 1.54) is 16.7 Å². The molecule has 19 heavy (non-hydrogen) atoms. The van der Waals surface area contributed by atoms with Gasteiger partial charge in [0.2, 0.25) is 0 Å². The van der Waals surface area contributed by atoms with Gasteiger partial charge in [0.15, 0.2) is 5.82 Å². The topological polar surface area (TPSA) is 50.7 Å². The Kier molecular flexibility index (Phi) is 4.44. The van der Waals surface area contributed by atoms with Gasteiger partial charge in [-0.2, -0.15) is 5.10 Å². The highest BCUT2D eigenvalue weighted by atomic mass is 15.2. The van der Waals surface area contributed by atoms with E-state index in [1.807, 2.05) is 24.5 Å². The molecule has 0 saturated carbocycles. The lowest BCUT2D eigenvalue weighted by atomic mass is 10.0. The first kappa shape index (κ1) is 13.5. The predicted octanol–water partition coefficient (Wildman–Crippen LogP) is 2.90. The summed E-state index contributed by atoms with van der Waals surface area (Å²) >= 11 is 0. The van der Waals surface area contributed by atoms with E-state index in [4.69, 9.17) is 0 Å². The molecule has 2 rings (SSSR count). The molecule has 0 radical (unpaired) electrons. The van der Waals surface area contributed by atoms with Gasteiger partial charge in [-0.25, -0.2) is 0 Å². The SMILES string of the molecule is CCCNc1nnc(Cc2ccncc2)c(C)c1C. The maximum atomic E-state index is 4.35. The molecule has 2 heterocycles. The van der Waals surface area contributed by atoms with Crippen molar-refractivity contribution in [2.75, 3.05) is 11.9 Å². The Morgan fingerprint density at radius 2 is 1.79 bits per heavy atom. The number of pyridine rings is 1. The van der Waals surface area contributed by atoms with E-state index in [0.717, 1.165) is 30.9 Å². The quantitative estimate of drug-likeness (QED) is 0.893. The van der Waals surface area contributed by atoms with E-state index >= 15 is 0 Å². The molecule has 2 aromatic rings. The molecule has 0 aliphatic heterocycles. The Hall–Kier alpha value is -1.97. The molecule has 0 atom stereocenters. The first-order valence-electron chi connectivity index (χ1n) is 6.68. The Balaban J connectivity index is 2.21. The van der Waals surface area contributed by atoms with Gasteiger partial charge in [0.1, 0.15) is 0 Å². The fourth-order valence-electron chi connectivity index (χ4n) is 1.93. The fraction of sp³-hybridized carbons (Fsp3) is 0.400. The van der Waals surface area contributed by atoms with E-state index in [1.54, 1.807) is 0 Å². The lowest BCUT2D eigenvalue weighted by molar-refractivity contribution is 0.885. The molecule has 4 nitrogen and oxygen atoms in total. The van der Waals surface area contributed by atoms with Gasteiger partial charge >= 0.3 is 0 Å². The van der Waals surface area contributed by atoms with Crippen LogP contribution in [-0.2, 0) is 6.42 Å². The molecule has 4 heteroatoms. The first-order valence-corrected chi connectivity index (χ1v) is 6.68. The number of nitrogens with one attached hydrogen (secondary N) is 1. The number of rotatable bonds is 5. The van der Waals surface area contributed by atoms with Gasteiger partial charge in [0, 0.05) is 25.4 Å². The van der Waals surface area contributed by atoms with Crippen molar-refractivity contribution in [1.82, 2.24) is 15.2 Å². The zero-order valence-corrected chi connectivity index (χ0v) is 11.8. The van der Waals surface area contributed by atoms with Crippen molar-refractivity contribution in [3.05, 3.63) is 46.9 Å². The standard InChI is InChI=1S/C15H20N4/c1-4-7-17-15-12(3)11(2)14(18-19-15)10-13-5-8-16-9-6-13/h5-6,8-9H,4,7,10H2,1-3H3,(H,17,19). The van der Waals surface area contributed by atoms with Crippen LogP contribution in [0.4, 0.5) is 5.82 Å². The van der Waals surface area contributed by atoms with E-state index in [-0.39, 0.29) is 0 Å². The third kappa shape index (κ3) is 3.28. The van der Waals surface area contributed by atoms with Gasteiger partial charge in [0.25, 0.3) is 0 Å². The molecule has 0 aromatic carbocycles. The van der Waals surface area contributed by atoms with Gasteiger partial charge in [-0.3, -0.25) is 4.98 Å². The molecule has 0 saturated heterocycles. The summed E-state index contributed by atoms with van der Waals surface area (Å²) in [5.74, 6) is 0.901. The van der Waals surface area contributed by atoms with Crippen molar-refractivity contribution in [1.29, 1.82) is 0 Å². The Labute approximate surface area is 114 Å². The van der Waals surface area contributed by atoms with E-state index in [9.17, 15) is 0 Å². The predicted molar refractivity (Wildman–Crippen MR) is 77.3 cm³/mol. The lowest BCUT2D eigenvalue weighted by Gasteiger charge is -2.12. The molecular weight excluding hydrogens is 236 g/mol. The molecule has 100 valence electrons. The normalized spacial score (nSPS) is 10.5. The number of hydrogen-bond acceptors (Lipinski definition) is 4. The second-order valence-electron chi connectivity index (χ2n) is 4.70. The second-order valence-corrected chi connectivity index (χ2v) is 4.70. The highest BCUT2D eigenvalue weighted by Crippen LogP contribution is 2.19. The average molecular weight is 256 g/mol. The zero-order valence-electron chi connectivity index (χ0n) is 11.8. The van der Waals surface area contributed by atoms with Crippen molar-refractivity contribution in [2.24, 2.45) is 0 Å². The monoisotopic (exact) mass is 256 g/mol. The summed E-state index contributed by atoms with van der Waals surface area (Å²) in [5, 5.41) is 12.0. The van der Waals surface area contributed by atoms with E-state index < -0.39 is 0 Å². The van der Waals surface area contributed by atoms with Crippen molar-refractivity contribution in [3.63, 3.8) is 0 Å². The zero-order chi connectivity index (χ0) is 13.7. The summed E-state index contributed by atoms with van der Waals surface area (Å²) in [4.78, 5) is 4.03. The molecule has 0 fully saturated rings. The van der Waals surface area contributed by atoms with E-state index in [0.29, 0.717) is 0 Å². The van der Waals surface area contributed by atoms with Crippen LogP contribution < -0.4 is 5.32 Å². The lowest BCUT2D eigenvalue weighted by Crippen LogP contribution is -2.09. The van der Waals surface area contributed by atoms with Gasteiger partial charge in [0.05, 0.1) is 5.69 Å². The largest absolute Gasteiger partial charge is 0.368 e. The molecule has 0 spiro atoms. The second kappa shape index (κ2) is 6.27. The molecule has 0 aliphatic rings. The molecule has 0 aliphatic carbocycles. The van der Waals surface area contributed by atoms with E-state index in [2.05, 4.69) is 41.3 Å². The van der Waals surface area contributed by atoms with Gasteiger partial charge in [-0.1, -0.05) is 6.92 Å². The molecule has 0 amide bonds. The van der Waals surface area contributed by atoms with Gasteiger partial charge in [-0.05, 0) is 49.1 Å². The fourth-order valence-corrected chi connectivity index (χ4v) is 1.93. The van der Waals surface area contributed by atoms with Crippen molar-refractivity contribution >= 4 is 5.82 Å². The maximum Gasteiger partial charge on any atom is 0.151 e. The van der Waals surface area contributed by atoms with Crippen LogP contribution in [0.1, 0.15) is 35.7 Å². The van der Waals surface area contributed by atoms with Crippen LogP contribution in [0.15, 0.2) is 24.5 Å². The Morgan fingerprint density at radius 1 is 1.05 bits per heavy atom. The molecule has 1 N–H and O–H groups in total. The minimum absolute atomic E-state index is 0.802. The van der Waals surface area contributed by atoms with Crippen LogP contribution in [0.2, 0.25) is 0 Å². The number of nitrogens with zero attached hydrogens (tertiary/aromatic N) is 3. The summed E-state index contributed by atoms with van der Waals surface area (Å²) in [7, 11) is 0. The number of hydrogen-bond donors (Lipinski definition) is 1. The van der Waals surface area contributed by atoms with Gasteiger partial charge < -0.3 is 5.32 Å². The van der Waals surface area contributed by atoms with Crippen molar-refractivity contribution < 1.29 is 0 Å². The molecule has 0 bridgehead atoms. The Morgan fingerprint density at radius 3 is 2.47 bits per heavy atom. The minimum Gasteiger partial charge on any atom is -0.368 e. The smallest absolute Gasteiger partial charge is 0.151 e. The van der Waals surface area contributed by atoms with Crippen LogP contribution in [0.3, 0.4) is 0 Å². The van der Waals surface area contributed by atoms with Crippen LogP contribution >= 0.6 is 0 Å². The average Bonchev–Trinajstić information content (AvgIpc) is 2.44. The summed E-state index contributed by atoms with van der Waals surface area (Å²) in [6.07, 6.45) is 5.50. The van der Waals surface area contributed by atoms with Crippen LogP contribution in [0, 0.1) is 13.8 Å². The Bertz CT molecular complexity index is 537. The number of anilines is 1. The number of aromatic nitrogens is 3. The van der Waals surface area contributed by atoms with Crippen LogP contribution in [0.25, 0.3) is 0 Å². The summed E-state index contributed by atoms with van der Waals surface area (Å²) in [6.45, 7) is 7.27. The van der Waals surface area contributed by atoms with Crippen LogP contribution in [-0.4, -0.2) is 21.7 Å². The maximum absolute atomic E-state index is 4.35. The summed E-state index contributed by atoms with van der Waals surface area (Å²) in [6, 6.07) is 4.03. The van der Waals surface area contributed by atoms with Crippen molar-refractivity contribution in [2.45, 2.75) is 33.6 Å². The van der Waals surface area contributed by atoms with Crippen LogP contribution in [0.5, 0.6) is 0 Å². The molecule has 0 unspecified atom stereocenters. The third-order valence-corrected chi connectivity index (χ3v) is 3.28. The highest BCUT2D eigenvalue weighted by Gasteiger charge is 2.09. The van der Waals surface area contributed by atoms with Gasteiger partial charge in [-0.15, -0.1) is 5.10 Å². The summed E-state index contributed by atoms with van der Waals surface area (Å²) in [5.41, 5.74) is 4.64. The van der Waals surface area contributed by atoms with Crippen molar-refractivity contribution in [3.8, 4) is 0 Å². The molecule has 2 aromatic heterocycles.